The summed E-state index contributed by atoms with van der Waals surface area (Å²) < 4.78 is 3.39. The van der Waals surface area contributed by atoms with Gasteiger partial charge in [0.2, 0.25) is 3.79 Å². The van der Waals surface area contributed by atoms with Gasteiger partial charge in [-0.25, -0.2) is 4.79 Å². The fraction of sp³-hybridized carbons (Fsp3) is 0.429. The lowest BCUT2D eigenvalue weighted by Gasteiger charge is -2.32. The fourth-order valence-electron chi connectivity index (χ4n) is 2.01. The number of amides is 2. The topological polar surface area (TPSA) is 65.6 Å². The number of nitrogens with one attached hydrogen (secondary N) is 3. The molecule has 0 saturated carbocycles. The van der Waals surface area contributed by atoms with Crippen molar-refractivity contribution in [1.82, 2.24) is 15.5 Å². The van der Waals surface area contributed by atoms with E-state index in [1.165, 1.54) is 0 Å². The molecule has 25 heavy (non-hydrogen) atoms. The highest BCUT2D eigenvalue weighted by molar-refractivity contribution is 7.80. The van der Waals surface area contributed by atoms with Gasteiger partial charge in [-0.15, -0.1) is 0 Å². The molecule has 1 aromatic rings. The Bertz CT molecular complexity index is 606. The number of morpholine rings is 1. The molecule has 1 aromatic carbocycles. The van der Waals surface area contributed by atoms with Crippen LogP contribution in [0.4, 0.5) is 10.5 Å². The van der Waals surface area contributed by atoms with Crippen LogP contribution in [-0.4, -0.2) is 52.3 Å². The third-order valence-electron chi connectivity index (χ3n) is 3.27. The average Bonchev–Trinajstić information content (AvgIpc) is 2.56. The minimum absolute atomic E-state index is 0.181. The van der Waals surface area contributed by atoms with E-state index < -0.39 is 9.96 Å². The van der Waals surface area contributed by atoms with Gasteiger partial charge in [-0.05, 0) is 36.5 Å². The minimum Gasteiger partial charge on any atom is -0.378 e. The van der Waals surface area contributed by atoms with Gasteiger partial charge in [0.1, 0.15) is 0 Å². The van der Waals surface area contributed by atoms with Crippen LogP contribution >= 0.6 is 58.6 Å². The van der Waals surface area contributed by atoms with Gasteiger partial charge in [0.25, 0.3) is 0 Å². The Hall–Kier alpha value is -0.700. The standard InChI is InChI=1S/C14H16Cl4N4O2S/c15-9-1-3-10(4-2-9)19-12(25)20-11(14(16,17)18)21-13(23)22-5-7-24-8-6-22/h1-4,11H,5-8H2,(H,21,23)(H2,19,20,25). The van der Waals surface area contributed by atoms with Gasteiger partial charge in [0.05, 0.1) is 13.2 Å². The number of halogens is 4. The Morgan fingerprint density at radius 2 is 1.76 bits per heavy atom. The molecule has 0 aromatic heterocycles. The largest absolute Gasteiger partial charge is 0.378 e. The van der Waals surface area contributed by atoms with Gasteiger partial charge in [-0.1, -0.05) is 46.4 Å². The van der Waals surface area contributed by atoms with Gasteiger partial charge in [0.15, 0.2) is 11.3 Å². The molecule has 1 unspecified atom stereocenters. The molecule has 0 spiro atoms. The third-order valence-corrected chi connectivity index (χ3v) is 4.40. The molecule has 3 N–H and O–H groups in total. The molecule has 1 fully saturated rings. The van der Waals surface area contributed by atoms with Crippen LogP contribution in [0, 0.1) is 0 Å². The predicted molar refractivity (Wildman–Crippen MR) is 106 cm³/mol. The lowest BCUT2D eigenvalue weighted by atomic mass is 10.3. The highest BCUT2D eigenvalue weighted by Crippen LogP contribution is 2.29. The van der Waals surface area contributed by atoms with Crippen molar-refractivity contribution in [2.24, 2.45) is 0 Å². The van der Waals surface area contributed by atoms with Crippen molar-refractivity contribution in [3.05, 3.63) is 29.3 Å². The maximum absolute atomic E-state index is 12.3. The summed E-state index contributed by atoms with van der Waals surface area (Å²) in [5.41, 5.74) is 0.699. The van der Waals surface area contributed by atoms with E-state index in [-0.39, 0.29) is 11.1 Å². The first-order valence-electron chi connectivity index (χ1n) is 7.28. The molecule has 2 rings (SSSR count). The van der Waals surface area contributed by atoms with E-state index in [9.17, 15) is 4.79 Å². The Morgan fingerprint density at radius 1 is 1.16 bits per heavy atom. The number of carbonyl (C=O) groups is 1. The molecule has 0 bridgehead atoms. The van der Waals surface area contributed by atoms with Crippen molar-refractivity contribution >= 4 is 75.5 Å². The van der Waals surface area contributed by atoms with Gasteiger partial charge >= 0.3 is 6.03 Å². The lowest BCUT2D eigenvalue weighted by Crippen LogP contribution is -2.59. The summed E-state index contributed by atoms with van der Waals surface area (Å²) >= 11 is 28.9. The Balaban J connectivity index is 1.95. The van der Waals surface area contributed by atoms with Gasteiger partial charge in [0, 0.05) is 23.8 Å². The van der Waals surface area contributed by atoms with E-state index in [2.05, 4.69) is 16.0 Å². The number of rotatable bonds is 3. The first kappa shape index (κ1) is 20.6. The van der Waals surface area contributed by atoms with Crippen molar-refractivity contribution in [3.8, 4) is 0 Å². The summed E-state index contributed by atoms with van der Waals surface area (Å²) in [5.74, 6) is 0. The first-order valence-corrected chi connectivity index (χ1v) is 9.21. The monoisotopic (exact) mass is 444 g/mol. The van der Waals surface area contributed by atoms with E-state index >= 15 is 0 Å². The molecule has 1 aliphatic rings. The molecular weight excluding hydrogens is 430 g/mol. The third kappa shape index (κ3) is 6.84. The number of benzene rings is 1. The zero-order valence-electron chi connectivity index (χ0n) is 12.9. The van der Waals surface area contributed by atoms with Crippen LogP contribution in [0.3, 0.4) is 0 Å². The molecule has 6 nitrogen and oxygen atoms in total. The second-order valence-electron chi connectivity index (χ2n) is 5.13. The molecular formula is C14H16Cl4N4O2S. The maximum atomic E-state index is 12.3. The maximum Gasteiger partial charge on any atom is 0.319 e. The number of anilines is 1. The first-order chi connectivity index (χ1) is 11.8. The van der Waals surface area contributed by atoms with Gasteiger partial charge in [-0.3, -0.25) is 0 Å². The summed E-state index contributed by atoms with van der Waals surface area (Å²) in [7, 11) is 0. The number of thiocarbonyl (C=S) groups is 1. The molecule has 138 valence electrons. The molecule has 2 amide bonds. The lowest BCUT2D eigenvalue weighted by molar-refractivity contribution is 0.0524. The minimum atomic E-state index is -1.81. The van der Waals surface area contributed by atoms with Crippen molar-refractivity contribution < 1.29 is 9.53 Å². The van der Waals surface area contributed by atoms with E-state index in [0.29, 0.717) is 37.0 Å². The molecule has 0 aliphatic carbocycles. The summed E-state index contributed by atoms with van der Waals surface area (Å²) in [6.45, 7) is 1.86. The van der Waals surface area contributed by atoms with E-state index in [4.69, 9.17) is 63.4 Å². The van der Waals surface area contributed by atoms with Gasteiger partial charge in [-0.2, -0.15) is 0 Å². The average molecular weight is 446 g/mol. The number of alkyl halides is 3. The van der Waals surface area contributed by atoms with Crippen LogP contribution in [0.2, 0.25) is 5.02 Å². The molecule has 1 aliphatic heterocycles. The van der Waals surface area contributed by atoms with Crippen molar-refractivity contribution in [1.29, 1.82) is 0 Å². The Morgan fingerprint density at radius 3 is 2.32 bits per heavy atom. The van der Waals surface area contributed by atoms with Crippen LogP contribution < -0.4 is 16.0 Å². The Labute approximate surface area is 171 Å². The van der Waals surface area contributed by atoms with Crippen molar-refractivity contribution in [2.75, 3.05) is 31.6 Å². The smallest absolute Gasteiger partial charge is 0.319 e. The summed E-state index contributed by atoms with van der Waals surface area (Å²) in [6.07, 6.45) is -1.03. The molecule has 1 saturated heterocycles. The van der Waals surface area contributed by atoms with Crippen LogP contribution in [0.5, 0.6) is 0 Å². The highest BCUT2D eigenvalue weighted by Gasteiger charge is 2.35. The van der Waals surface area contributed by atoms with Crippen LogP contribution in [0.1, 0.15) is 0 Å². The summed E-state index contributed by atoms with van der Waals surface area (Å²) in [4.78, 5) is 13.9. The second kappa shape index (κ2) is 9.30. The quantitative estimate of drug-likeness (QED) is 0.378. The summed E-state index contributed by atoms with van der Waals surface area (Å²) in [5, 5.41) is 9.13. The van der Waals surface area contributed by atoms with E-state index in [1.807, 2.05) is 0 Å². The summed E-state index contributed by atoms with van der Waals surface area (Å²) in [6, 6.07) is 6.53. The van der Waals surface area contributed by atoms with Crippen LogP contribution in [-0.2, 0) is 4.74 Å². The fourth-order valence-corrected chi connectivity index (χ4v) is 2.70. The van der Waals surface area contributed by atoms with Crippen LogP contribution in [0.25, 0.3) is 0 Å². The van der Waals surface area contributed by atoms with E-state index in [1.54, 1.807) is 29.2 Å². The molecule has 1 heterocycles. The van der Waals surface area contributed by atoms with Crippen LogP contribution in [0.15, 0.2) is 24.3 Å². The van der Waals surface area contributed by atoms with E-state index in [0.717, 1.165) is 0 Å². The highest BCUT2D eigenvalue weighted by atomic mass is 35.6. The number of hydrogen-bond donors (Lipinski definition) is 3. The SMILES string of the molecule is O=C(NC(NC(=S)Nc1ccc(Cl)cc1)C(Cl)(Cl)Cl)N1CCOCC1. The second-order valence-corrected chi connectivity index (χ2v) is 8.34. The number of hydrogen-bond acceptors (Lipinski definition) is 3. The number of nitrogens with zero attached hydrogens (tertiary/aromatic N) is 1. The molecule has 0 radical (unpaired) electrons. The Kier molecular flexibility index (Phi) is 7.67. The number of carbonyl (C=O) groups excluding carboxylic acids is 1. The van der Waals surface area contributed by atoms with Crippen molar-refractivity contribution in [2.45, 2.75) is 9.96 Å². The molecule has 11 heteroatoms. The molecule has 1 atom stereocenters. The van der Waals surface area contributed by atoms with Gasteiger partial charge < -0.3 is 25.6 Å². The van der Waals surface area contributed by atoms with Crippen molar-refractivity contribution in [3.63, 3.8) is 0 Å². The predicted octanol–water partition coefficient (Wildman–Crippen LogP) is 3.36. The normalized spacial score (nSPS) is 16.1. The number of urea groups is 1. The zero-order chi connectivity index (χ0) is 18.4. The number of ether oxygens (including phenoxy) is 1. The zero-order valence-corrected chi connectivity index (χ0v) is 16.7.